The molecule has 0 spiro atoms. The van der Waals surface area contributed by atoms with E-state index in [1.807, 2.05) is 0 Å². The second-order valence-electron chi connectivity index (χ2n) is 5.83. The minimum atomic E-state index is 0.430. The van der Waals surface area contributed by atoms with Gasteiger partial charge in [-0.15, -0.1) is 0 Å². The predicted octanol–water partition coefficient (Wildman–Crippen LogP) is 5.36. The fourth-order valence-corrected chi connectivity index (χ4v) is 3.17. The maximum Gasteiger partial charge on any atom is -0.00452 e. The van der Waals surface area contributed by atoms with Crippen molar-refractivity contribution in [1.82, 2.24) is 0 Å². The Hall–Kier alpha value is -0.520. The number of hydrogen-bond acceptors (Lipinski definition) is 0. The van der Waals surface area contributed by atoms with Crippen LogP contribution in [0.3, 0.4) is 0 Å². The molecule has 0 bridgehead atoms. The minimum absolute atomic E-state index is 0.430. The first-order valence-electron chi connectivity index (χ1n) is 6.86. The summed E-state index contributed by atoms with van der Waals surface area (Å²) in [4.78, 5) is 0. The molecule has 1 atom stereocenters. The SMILES string of the molecule is CCC(CC)(CC(C)C)C1=C(C)C(C)C=C1. The number of hydrogen-bond donors (Lipinski definition) is 0. The lowest BCUT2D eigenvalue weighted by atomic mass is 9.69. The van der Waals surface area contributed by atoms with Gasteiger partial charge in [-0.25, -0.2) is 0 Å². The van der Waals surface area contributed by atoms with Gasteiger partial charge in [-0.1, -0.05) is 52.3 Å². The smallest absolute Gasteiger partial charge is 0.00452 e. The highest BCUT2D eigenvalue weighted by Crippen LogP contribution is 2.46. The molecule has 1 aliphatic rings. The molecule has 16 heavy (non-hydrogen) atoms. The zero-order chi connectivity index (χ0) is 12.3. The Morgan fingerprint density at radius 1 is 1.25 bits per heavy atom. The van der Waals surface area contributed by atoms with Crippen molar-refractivity contribution in [3.63, 3.8) is 0 Å². The molecule has 1 rings (SSSR count). The molecule has 0 nitrogen and oxygen atoms in total. The molecule has 0 aromatic rings. The van der Waals surface area contributed by atoms with Gasteiger partial charge in [0.2, 0.25) is 0 Å². The summed E-state index contributed by atoms with van der Waals surface area (Å²) >= 11 is 0. The monoisotopic (exact) mass is 220 g/mol. The molecule has 1 aliphatic carbocycles. The zero-order valence-electron chi connectivity index (χ0n) is 11.9. The van der Waals surface area contributed by atoms with Crippen LogP contribution in [0.4, 0.5) is 0 Å². The van der Waals surface area contributed by atoms with E-state index in [1.165, 1.54) is 19.3 Å². The molecule has 0 saturated carbocycles. The summed E-state index contributed by atoms with van der Waals surface area (Å²) in [7, 11) is 0. The van der Waals surface area contributed by atoms with Crippen LogP contribution < -0.4 is 0 Å². The van der Waals surface area contributed by atoms with Crippen LogP contribution in [0, 0.1) is 17.3 Å². The fraction of sp³-hybridized carbons (Fsp3) is 0.750. The molecule has 0 radical (unpaired) electrons. The third-order valence-electron chi connectivity index (χ3n) is 4.38. The van der Waals surface area contributed by atoms with Crippen LogP contribution in [0.25, 0.3) is 0 Å². The van der Waals surface area contributed by atoms with Crippen LogP contribution in [0.15, 0.2) is 23.3 Å². The largest absolute Gasteiger partial charge is 0.0773 e. The normalized spacial score (nSPS) is 21.3. The van der Waals surface area contributed by atoms with Crippen molar-refractivity contribution < 1.29 is 0 Å². The number of allylic oxidation sites excluding steroid dienone is 4. The molecule has 1 unspecified atom stereocenters. The third kappa shape index (κ3) is 2.42. The average molecular weight is 220 g/mol. The van der Waals surface area contributed by atoms with Crippen molar-refractivity contribution in [2.24, 2.45) is 17.3 Å². The summed E-state index contributed by atoms with van der Waals surface area (Å²) in [6.07, 6.45) is 8.63. The Kier molecular flexibility index (Phi) is 4.41. The van der Waals surface area contributed by atoms with Gasteiger partial charge in [-0.05, 0) is 49.0 Å². The van der Waals surface area contributed by atoms with Crippen LogP contribution in [-0.2, 0) is 0 Å². The van der Waals surface area contributed by atoms with Gasteiger partial charge in [0.1, 0.15) is 0 Å². The second-order valence-corrected chi connectivity index (χ2v) is 5.83. The average Bonchev–Trinajstić information content (AvgIpc) is 2.57. The van der Waals surface area contributed by atoms with Crippen LogP contribution >= 0.6 is 0 Å². The van der Waals surface area contributed by atoms with Crippen molar-refractivity contribution in [1.29, 1.82) is 0 Å². The lowest BCUT2D eigenvalue weighted by Crippen LogP contribution is -2.24. The fourth-order valence-electron chi connectivity index (χ4n) is 3.17. The topological polar surface area (TPSA) is 0 Å². The van der Waals surface area contributed by atoms with E-state index in [0.29, 0.717) is 11.3 Å². The molecule has 0 aromatic heterocycles. The maximum absolute atomic E-state index is 2.40. The first-order valence-corrected chi connectivity index (χ1v) is 6.86. The summed E-state index contributed by atoms with van der Waals surface area (Å²) in [6.45, 7) is 14.0. The van der Waals surface area contributed by atoms with Gasteiger partial charge in [-0.2, -0.15) is 0 Å². The molecule has 0 N–H and O–H groups in total. The first kappa shape index (κ1) is 13.5. The van der Waals surface area contributed by atoms with Crippen molar-refractivity contribution in [3.05, 3.63) is 23.3 Å². The molecular formula is C16H28. The van der Waals surface area contributed by atoms with E-state index in [4.69, 9.17) is 0 Å². The highest BCUT2D eigenvalue weighted by atomic mass is 14.4. The summed E-state index contributed by atoms with van der Waals surface area (Å²) in [5, 5.41) is 0. The third-order valence-corrected chi connectivity index (χ3v) is 4.38. The zero-order valence-corrected chi connectivity index (χ0v) is 11.9. The van der Waals surface area contributed by atoms with Crippen LogP contribution in [0.5, 0.6) is 0 Å². The van der Waals surface area contributed by atoms with Crippen LogP contribution in [0.2, 0.25) is 0 Å². The molecule has 0 saturated heterocycles. The molecule has 0 fully saturated rings. The van der Waals surface area contributed by atoms with E-state index < -0.39 is 0 Å². The van der Waals surface area contributed by atoms with Gasteiger partial charge in [-0.3, -0.25) is 0 Å². The first-order chi connectivity index (χ1) is 7.46. The Morgan fingerprint density at radius 2 is 1.81 bits per heavy atom. The summed E-state index contributed by atoms with van der Waals surface area (Å²) in [5.41, 5.74) is 3.67. The molecule has 0 aromatic carbocycles. The van der Waals surface area contributed by atoms with Crippen molar-refractivity contribution in [2.75, 3.05) is 0 Å². The van der Waals surface area contributed by atoms with Gasteiger partial charge >= 0.3 is 0 Å². The van der Waals surface area contributed by atoms with Gasteiger partial charge in [0.05, 0.1) is 0 Å². The maximum atomic E-state index is 2.40. The molecule has 0 amide bonds. The molecule has 0 heterocycles. The Balaban J connectivity index is 3.07. The minimum Gasteiger partial charge on any atom is -0.0773 e. The quantitative estimate of drug-likeness (QED) is 0.585. The molecule has 92 valence electrons. The Labute approximate surface area is 102 Å². The van der Waals surface area contributed by atoms with E-state index in [-0.39, 0.29) is 0 Å². The van der Waals surface area contributed by atoms with Crippen LogP contribution in [0.1, 0.15) is 60.8 Å². The van der Waals surface area contributed by atoms with E-state index in [2.05, 4.69) is 53.7 Å². The summed E-state index contributed by atoms with van der Waals surface area (Å²) in [6, 6.07) is 0. The Morgan fingerprint density at radius 3 is 2.12 bits per heavy atom. The number of rotatable bonds is 5. The van der Waals surface area contributed by atoms with Crippen LogP contribution in [-0.4, -0.2) is 0 Å². The summed E-state index contributed by atoms with van der Waals surface area (Å²) < 4.78 is 0. The van der Waals surface area contributed by atoms with Gasteiger partial charge in [0.15, 0.2) is 0 Å². The van der Waals surface area contributed by atoms with Crippen molar-refractivity contribution in [2.45, 2.75) is 60.8 Å². The highest BCUT2D eigenvalue weighted by Gasteiger charge is 2.33. The van der Waals surface area contributed by atoms with E-state index in [1.54, 1.807) is 11.1 Å². The second kappa shape index (κ2) is 5.21. The predicted molar refractivity (Wildman–Crippen MR) is 73.5 cm³/mol. The molecule has 0 aliphatic heterocycles. The lowest BCUT2D eigenvalue weighted by Gasteiger charge is -2.35. The highest BCUT2D eigenvalue weighted by molar-refractivity contribution is 5.40. The lowest BCUT2D eigenvalue weighted by molar-refractivity contribution is 0.265. The Bertz CT molecular complexity index is 287. The molecular weight excluding hydrogens is 192 g/mol. The van der Waals surface area contributed by atoms with Gasteiger partial charge in [0, 0.05) is 0 Å². The van der Waals surface area contributed by atoms with Gasteiger partial charge in [0.25, 0.3) is 0 Å². The van der Waals surface area contributed by atoms with E-state index in [0.717, 1.165) is 5.92 Å². The standard InChI is InChI=1S/C16H28/c1-7-16(8-2,11-12(3)4)15-10-9-13(5)14(15)6/h9-10,12-13H,7-8,11H2,1-6H3. The van der Waals surface area contributed by atoms with E-state index in [9.17, 15) is 0 Å². The van der Waals surface area contributed by atoms with Crippen molar-refractivity contribution in [3.8, 4) is 0 Å². The van der Waals surface area contributed by atoms with E-state index >= 15 is 0 Å². The summed E-state index contributed by atoms with van der Waals surface area (Å²) in [5.74, 6) is 1.43. The van der Waals surface area contributed by atoms with Gasteiger partial charge < -0.3 is 0 Å². The molecule has 0 heteroatoms. The van der Waals surface area contributed by atoms with Crippen molar-refractivity contribution >= 4 is 0 Å².